The molecule has 4 nitrogen and oxygen atoms in total. The van der Waals surface area contributed by atoms with E-state index in [4.69, 9.17) is 23.2 Å². The minimum Gasteiger partial charge on any atom is -0.309 e. The largest absolute Gasteiger partial charge is 0.309 e. The zero-order chi connectivity index (χ0) is 16.5. The van der Waals surface area contributed by atoms with Crippen molar-refractivity contribution in [3.05, 3.63) is 76.7 Å². The maximum absolute atomic E-state index is 6.33. The Balaban J connectivity index is 1.79. The number of fused-ring (bicyclic) bond motifs is 1. The summed E-state index contributed by atoms with van der Waals surface area (Å²) in [5.74, 6) is 0.676. The van der Waals surface area contributed by atoms with E-state index in [1.165, 1.54) is 0 Å². The van der Waals surface area contributed by atoms with Crippen LogP contribution < -0.4 is 0 Å². The Morgan fingerprint density at radius 3 is 2.71 bits per heavy atom. The van der Waals surface area contributed by atoms with Crippen molar-refractivity contribution < 1.29 is 0 Å². The molecule has 0 atom stereocenters. The molecule has 0 aliphatic carbocycles. The third kappa shape index (κ3) is 2.64. The third-order valence-electron chi connectivity index (χ3n) is 3.86. The van der Waals surface area contributed by atoms with Crippen LogP contribution in [0.25, 0.3) is 22.3 Å². The van der Waals surface area contributed by atoms with E-state index in [1.807, 2.05) is 41.0 Å². The van der Waals surface area contributed by atoms with Crippen molar-refractivity contribution in [1.82, 2.24) is 19.7 Å². The summed E-state index contributed by atoms with van der Waals surface area (Å²) in [6, 6.07) is 15.6. The number of para-hydroxylation sites is 1. The minimum atomic E-state index is 0.476. The van der Waals surface area contributed by atoms with E-state index in [0.29, 0.717) is 22.4 Å². The molecule has 0 bridgehead atoms. The van der Waals surface area contributed by atoms with Crippen LogP contribution in [0.4, 0.5) is 0 Å². The Bertz CT molecular complexity index is 1020. The number of rotatable bonds is 3. The molecule has 6 heteroatoms. The molecule has 2 aromatic carbocycles. The fourth-order valence-electron chi connectivity index (χ4n) is 2.73. The molecule has 24 heavy (non-hydrogen) atoms. The molecule has 0 aliphatic heterocycles. The Labute approximate surface area is 148 Å². The maximum Gasteiger partial charge on any atom is 0.165 e. The first kappa shape index (κ1) is 15.1. The molecule has 0 radical (unpaired) electrons. The van der Waals surface area contributed by atoms with E-state index in [0.717, 1.165) is 22.0 Å². The average molecular weight is 355 g/mol. The van der Waals surface area contributed by atoms with Crippen LogP contribution in [0.5, 0.6) is 0 Å². The Morgan fingerprint density at radius 1 is 0.958 bits per heavy atom. The molecule has 0 saturated carbocycles. The van der Waals surface area contributed by atoms with Gasteiger partial charge in [0, 0.05) is 17.1 Å². The highest BCUT2D eigenvalue weighted by molar-refractivity contribution is 6.43. The maximum atomic E-state index is 6.33. The van der Waals surface area contributed by atoms with Crippen LogP contribution in [0, 0.1) is 0 Å². The molecule has 0 unspecified atom stereocenters. The SMILES string of the molecule is Clc1cccc(-c2nncn2Cc2cccc3cccnc23)c1Cl. The first-order valence-corrected chi connectivity index (χ1v) is 8.14. The lowest BCUT2D eigenvalue weighted by Crippen LogP contribution is -2.02. The van der Waals surface area contributed by atoms with Crippen molar-refractivity contribution in [1.29, 1.82) is 0 Å². The van der Waals surface area contributed by atoms with Crippen LogP contribution in [0.3, 0.4) is 0 Å². The molecule has 2 aromatic heterocycles. The summed E-state index contributed by atoms with van der Waals surface area (Å²) in [4.78, 5) is 4.49. The number of nitrogens with zero attached hydrogens (tertiary/aromatic N) is 4. The van der Waals surface area contributed by atoms with E-state index in [2.05, 4.69) is 21.2 Å². The second-order valence-electron chi connectivity index (χ2n) is 5.38. The monoisotopic (exact) mass is 354 g/mol. The van der Waals surface area contributed by atoms with Gasteiger partial charge in [-0.3, -0.25) is 4.98 Å². The molecule has 4 aromatic rings. The van der Waals surface area contributed by atoms with Gasteiger partial charge in [0.2, 0.25) is 0 Å². The fourth-order valence-corrected chi connectivity index (χ4v) is 3.12. The van der Waals surface area contributed by atoms with Crippen molar-refractivity contribution in [2.24, 2.45) is 0 Å². The quantitative estimate of drug-likeness (QED) is 0.528. The number of pyridine rings is 1. The van der Waals surface area contributed by atoms with Gasteiger partial charge >= 0.3 is 0 Å². The van der Waals surface area contributed by atoms with Crippen LogP contribution in [0.2, 0.25) is 10.0 Å². The second kappa shape index (κ2) is 6.23. The molecule has 0 fully saturated rings. The highest BCUT2D eigenvalue weighted by atomic mass is 35.5. The van der Waals surface area contributed by atoms with Gasteiger partial charge in [0.05, 0.1) is 22.1 Å². The van der Waals surface area contributed by atoms with Gasteiger partial charge in [0.25, 0.3) is 0 Å². The number of aromatic nitrogens is 4. The normalized spacial score (nSPS) is 11.1. The molecule has 0 amide bonds. The first-order chi connectivity index (χ1) is 11.7. The number of hydrogen-bond acceptors (Lipinski definition) is 3. The minimum absolute atomic E-state index is 0.476. The number of halogens is 2. The lowest BCUT2D eigenvalue weighted by atomic mass is 10.1. The van der Waals surface area contributed by atoms with E-state index in [9.17, 15) is 0 Å². The molecule has 0 saturated heterocycles. The second-order valence-corrected chi connectivity index (χ2v) is 6.16. The van der Waals surface area contributed by atoms with Gasteiger partial charge in [-0.2, -0.15) is 0 Å². The zero-order valence-corrected chi connectivity index (χ0v) is 14.0. The summed E-state index contributed by atoms with van der Waals surface area (Å²) < 4.78 is 1.95. The third-order valence-corrected chi connectivity index (χ3v) is 4.68. The van der Waals surface area contributed by atoms with Crippen molar-refractivity contribution in [2.75, 3.05) is 0 Å². The summed E-state index contributed by atoms with van der Waals surface area (Å²) in [6.45, 7) is 0.597. The smallest absolute Gasteiger partial charge is 0.165 e. The van der Waals surface area contributed by atoms with Crippen molar-refractivity contribution in [3.63, 3.8) is 0 Å². The highest BCUT2D eigenvalue weighted by Gasteiger charge is 2.14. The van der Waals surface area contributed by atoms with Crippen LogP contribution >= 0.6 is 23.2 Å². The molecule has 4 rings (SSSR count). The summed E-state index contributed by atoms with van der Waals surface area (Å²) in [7, 11) is 0. The van der Waals surface area contributed by atoms with Crippen LogP contribution in [-0.4, -0.2) is 19.7 Å². The standard InChI is InChI=1S/C18H12Cl2N4/c19-15-8-2-7-14(16(15)20)18-23-22-11-24(18)10-13-5-1-4-12-6-3-9-21-17(12)13/h1-9,11H,10H2. The average Bonchev–Trinajstić information content (AvgIpc) is 3.06. The lowest BCUT2D eigenvalue weighted by Gasteiger charge is -2.10. The summed E-state index contributed by atoms with van der Waals surface area (Å²) in [5.41, 5.74) is 2.82. The first-order valence-electron chi connectivity index (χ1n) is 7.39. The summed E-state index contributed by atoms with van der Waals surface area (Å²) in [6.07, 6.45) is 3.49. The van der Waals surface area contributed by atoms with Gasteiger partial charge < -0.3 is 4.57 Å². The number of benzene rings is 2. The van der Waals surface area contributed by atoms with Gasteiger partial charge in [0.1, 0.15) is 6.33 Å². The highest BCUT2D eigenvalue weighted by Crippen LogP contribution is 2.32. The topological polar surface area (TPSA) is 43.6 Å². The molecule has 0 spiro atoms. The van der Waals surface area contributed by atoms with E-state index >= 15 is 0 Å². The predicted octanol–water partition coefficient (Wildman–Crippen LogP) is 4.85. The molecule has 0 aliphatic rings. The molecule has 2 heterocycles. The molecular formula is C18H12Cl2N4. The van der Waals surface area contributed by atoms with Crippen LogP contribution in [0.15, 0.2) is 61.1 Å². The van der Waals surface area contributed by atoms with E-state index in [-0.39, 0.29) is 0 Å². The van der Waals surface area contributed by atoms with Crippen LogP contribution in [0.1, 0.15) is 5.56 Å². The van der Waals surface area contributed by atoms with Gasteiger partial charge in [0.15, 0.2) is 5.82 Å². The van der Waals surface area contributed by atoms with Gasteiger partial charge in [-0.25, -0.2) is 0 Å². The van der Waals surface area contributed by atoms with Crippen molar-refractivity contribution in [2.45, 2.75) is 6.54 Å². The van der Waals surface area contributed by atoms with Crippen molar-refractivity contribution in [3.8, 4) is 11.4 Å². The molecule has 0 N–H and O–H groups in total. The van der Waals surface area contributed by atoms with E-state index < -0.39 is 0 Å². The molecular weight excluding hydrogens is 343 g/mol. The summed E-state index contributed by atoms with van der Waals surface area (Å²) >= 11 is 12.5. The van der Waals surface area contributed by atoms with Gasteiger partial charge in [-0.1, -0.05) is 53.5 Å². The lowest BCUT2D eigenvalue weighted by molar-refractivity contribution is 0.806. The van der Waals surface area contributed by atoms with Gasteiger partial charge in [-0.15, -0.1) is 10.2 Å². The number of hydrogen-bond donors (Lipinski definition) is 0. The van der Waals surface area contributed by atoms with Crippen molar-refractivity contribution >= 4 is 34.1 Å². The Morgan fingerprint density at radius 2 is 1.79 bits per heavy atom. The fraction of sp³-hybridized carbons (Fsp3) is 0.0556. The predicted molar refractivity (Wildman–Crippen MR) is 96.3 cm³/mol. The Kier molecular flexibility index (Phi) is 3.92. The zero-order valence-electron chi connectivity index (χ0n) is 12.5. The van der Waals surface area contributed by atoms with Crippen LogP contribution in [-0.2, 0) is 6.54 Å². The Hall–Kier alpha value is -2.43. The van der Waals surface area contributed by atoms with Gasteiger partial charge in [-0.05, 0) is 23.8 Å². The van der Waals surface area contributed by atoms with E-state index in [1.54, 1.807) is 18.6 Å². The summed E-state index contributed by atoms with van der Waals surface area (Å²) in [5, 5.41) is 10.3. The molecule has 118 valence electrons.